The first-order valence-corrected chi connectivity index (χ1v) is 6.56. The second kappa shape index (κ2) is 4.96. The minimum absolute atomic E-state index is 0.166. The van der Waals surface area contributed by atoms with Crippen molar-refractivity contribution in [2.75, 3.05) is 5.73 Å². The summed E-state index contributed by atoms with van der Waals surface area (Å²) in [5.74, 6) is 0.452. The van der Waals surface area contributed by atoms with Crippen LogP contribution >= 0.6 is 0 Å². The Morgan fingerprint density at radius 2 is 1.79 bits per heavy atom. The molecule has 4 nitrogen and oxygen atoms in total. The second-order valence-electron chi connectivity index (χ2n) is 5.59. The second-order valence-corrected chi connectivity index (χ2v) is 5.59. The minimum Gasteiger partial charge on any atom is -0.393 e. The number of benzene rings is 1. The monoisotopic (exact) mass is 259 g/mol. The third-order valence-electron chi connectivity index (χ3n) is 3.08. The summed E-state index contributed by atoms with van der Waals surface area (Å²) in [5.41, 5.74) is 9.97. The maximum Gasteiger partial charge on any atom is 0.294 e. The standard InChI is InChI=1S/C15H21N3O/c1-9(2)5-13-14(16)15(19)18(17-13)12-7-10(3)6-11(4)8-12/h6-9,17H,5,16H2,1-4H3. The van der Waals surface area contributed by atoms with E-state index in [9.17, 15) is 4.79 Å². The number of H-pyrrole nitrogens is 1. The Hall–Kier alpha value is -1.97. The van der Waals surface area contributed by atoms with E-state index < -0.39 is 0 Å². The molecule has 0 spiro atoms. The Morgan fingerprint density at radius 1 is 1.21 bits per heavy atom. The maximum absolute atomic E-state index is 12.2. The van der Waals surface area contributed by atoms with Gasteiger partial charge in [-0.05, 0) is 49.4 Å². The average molecular weight is 259 g/mol. The number of aromatic nitrogens is 2. The molecule has 0 amide bonds. The van der Waals surface area contributed by atoms with Gasteiger partial charge in [-0.15, -0.1) is 0 Å². The summed E-state index contributed by atoms with van der Waals surface area (Å²) in [6.07, 6.45) is 0.777. The fourth-order valence-electron chi connectivity index (χ4n) is 2.32. The quantitative estimate of drug-likeness (QED) is 0.889. The summed E-state index contributed by atoms with van der Waals surface area (Å²) < 4.78 is 1.53. The number of hydrogen-bond donors (Lipinski definition) is 2. The van der Waals surface area contributed by atoms with Crippen LogP contribution in [-0.2, 0) is 6.42 Å². The number of nitrogen functional groups attached to an aromatic ring is 1. The molecular formula is C15H21N3O. The van der Waals surface area contributed by atoms with Gasteiger partial charge in [-0.3, -0.25) is 9.89 Å². The van der Waals surface area contributed by atoms with Crippen LogP contribution < -0.4 is 11.3 Å². The zero-order chi connectivity index (χ0) is 14.2. The zero-order valence-electron chi connectivity index (χ0n) is 11.9. The summed E-state index contributed by atoms with van der Waals surface area (Å²) in [6, 6.07) is 6.03. The topological polar surface area (TPSA) is 63.8 Å². The third kappa shape index (κ3) is 2.72. The molecule has 102 valence electrons. The van der Waals surface area contributed by atoms with E-state index >= 15 is 0 Å². The van der Waals surface area contributed by atoms with Gasteiger partial charge >= 0.3 is 0 Å². The largest absolute Gasteiger partial charge is 0.393 e. The molecule has 0 bridgehead atoms. The SMILES string of the molecule is Cc1cc(C)cc(-n2[nH]c(CC(C)C)c(N)c2=O)c1. The first-order chi connectivity index (χ1) is 8.88. The number of rotatable bonds is 3. The van der Waals surface area contributed by atoms with E-state index in [1.807, 2.05) is 26.0 Å². The Kier molecular flexibility index (Phi) is 3.51. The van der Waals surface area contributed by atoms with E-state index in [1.54, 1.807) is 0 Å². The first kappa shape index (κ1) is 13.5. The summed E-state index contributed by atoms with van der Waals surface area (Å²) in [4.78, 5) is 12.2. The zero-order valence-corrected chi connectivity index (χ0v) is 11.9. The molecule has 0 aliphatic rings. The number of nitrogens with zero attached hydrogens (tertiary/aromatic N) is 1. The Bertz CT molecular complexity index is 630. The molecule has 0 unspecified atom stereocenters. The molecule has 0 fully saturated rings. The highest BCUT2D eigenvalue weighted by molar-refractivity contribution is 5.46. The maximum atomic E-state index is 12.2. The summed E-state index contributed by atoms with van der Waals surface area (Å²) >= 11 is 0. The van der Waals surface area contributed by atoms with E-state index in [4.69, 9.17) is 5.73 Å². The average Bonchev–Trinajstić information content (AvgIpc) is 2.55. The van der Waals surface area contributed by atoms with Crippen LogP contribution in [0.2, 0.25) is 0 Å². The van der Waals surface area contributed by atoms with E-state index in [0.717, 1.165) is 28.9 Å². The number of nitrogens with one attached hydrogen (secondary N) is 1. The molecule has 1 aromatic carbocycles. The smallest absolute Gasteiger partial charge is 0.294 e. The predicted molar refractivity (Wildman–Crippen MR) is 78.8 cm³/mol. The third-order valence-corrected chi connectivity index (χ3v) is 3.08. The Morgan fingerprint density at radius 3 is 2.32 bits per heavy atom. The van der Waals surface area contributed by atoms with Crippen molar-refractivity contribution in [3.63, 3.8) is 0 Å². The molecule has 2 rings (SSSR count). The highest BCUT2D eigenvalue weighted by atomic mass is 16.1. The summed E-state index contributed by atoms with van der Waals surface area (Å²) in [7, 11) is 0. The highest BCUT2D eigenvalue weighted by Crippen LogP contribution is 2.15. The molecule has 1 aromatic heterocycles. The van der Waals surface area contributed by atoms with Gasteiger partial charge in [0.25, 0.3) is 5.56 Å². The Labute approximate surface area is 113 Å². The van der Waals surface area contributed by atoms with Crippen LogP contribution in [0.4, 0.5) is 5.69 Å². The lowest BCUT2D eigenvalue weighted by molar-refractivity contribution is 0.628. The first-order valence-electron chi connectivity index (χ1n) is 6.56. The van der Waals surface area contributed by atoms with E-state index in [-0.39, 0.29) is 5.56 Å². The molecular weight excluding hydrogens is 238 g/mol. The lowest BCUT2D eigenvalue weighted by Crippen LogP contribution is -2.16. The van der Waals surface area contributed by atoms with Gasteiger partial charge in [-0.2, -0.15) is 0 Å². The van der Waals surface area contributed by atoms with Gasteiger partial charge in [-0.1, -0.05) is 19.9 Å². The van der Waals surface area contributed by atoms with E-state index in [0.29, 0.717) is 11.6 Å². The van der Waals surface area contributed by atoms with Gasteiger partial charge in [0.1, 0.15) is 5.69 Å². The van der Waals surface area contributed by atoms with Crippen molar-refractivity contribution >= 4 is 5.69 Å². The predicted octanol–water partition coefficient (Wildman–Crippen LogP) is 2.56. The minimum atomic E-state index is -0.166. The Balaban J connectivity index is 2.54. The number of hydrogen-bond acceptors (Lipinski definition) is 2. The number of nitrogens with two attached hydrogens (primary N) is 1. The van der Waals surface area contributed by atoms with Gasteiger partial charge in [0, 0.05) is 0 Å². The van der Waals surface area contributed by atoms with Crippen molar-refractivity contribution in [3.05, 3.63) is 45.4 Å². The molecule has 0 saturated carbocycles. The number of anilines is 1. The van der Waals surface area contributed by atoms with Crippen LogP contribution in [0.15, 0.2) is 23.0 Å². The summed E-state index contributed by atoms with van der Waals surface area (Å²) in [5, 5.41) is 3.13. The molecule has 4 heteroatoms. The van der Waals surface area contributed by atoms with Crippen LogP contribution in [0, 0.1) is 19.8 Å². The molecule has 3 N–H and O–H groups in total. The van der Waals surface area contributed by atoms with Crippen molar-refractivity contribution in [2.45, 2.75) is 34.1 Å². The van der Waals surface area contributed by atoms with Gasteiger partial charge in [0.2, 0.25) is 0 Å². The van der Waals surface area contributed by atoms with Crippen LogP contribution in [-0.4, -0.2) is 9.78 Å². The molecule has 0 saturated heterocycles. The van der Waals surface area contributed by atoms with Crippen LogP contribution in [0.5, 0.6) is 0 Å². The molecule has 19 heavy (non-hydrogen) atoms. The lowest BCUT2D eigenvalue weighted by Gasteiger charge is -2.06. The molecule has 2 aromatic rings. The summed E-state index contributed by atoms with van der Waals surface area (Å²) in [6.45, 7) is 8.24. The molecule has 0 aliphatic heterocycles. The molecule has 1 heterocycles. The molecule has 0 atom stereocenters. The highest BCUT2D eigenvalue weighted by Gasteiger charge is 2.13. The van der Waals surface area contributed by atoms with Crippen molar-refractivity contribution in [1.82, 2.24) is 9.78 Å². The fraction of sp³-hybridized carbons (Fsp3) is 0.400. The van der Waals surface area contributed by atoms with Crippen LogP contribution in [0.25, 0.3) is 5.69 Å². The van der Waals surface area contributed by atoms with Crippen LogP contribution in [0.1, 0.15) is 30.7 Å². The van der Waals surface area contributed by atoms with Gasteiger partial charge in [0.15, 0.2) is 0 Å². The van der Waals surface area contributed by atoms with Gasteiger partial charge in [-0.25, -0.2) is 4.68 Å². The molecule has 0 aliphatic carbocycles. The van der Waals surface area contributed by atoms with E-state index in [2.05, 4.69) is 25.0 Å². The van der Waals surface area contributed by atoms with Crippen molar-refractivity contribution < 1.29 is 0 Å². The fourth-order valence-corrected chi connectivity index (χ4v) is 2.32. The van der Waals surface area contributed by atoms with Gasteiger partial charge < -0.3 is 5.73 Å². The van der Waals surface area contributed by atoms with Gasteiger partial charge in [0.05, 0.1) is 11.4 Å². The number of aromatic amines is 1. The number of aryl methyl sites for hydroxylation is 2. The normalized spacial score (nSPS) is 11.2. The molecule has 0 radical (unpaired) electrons. The van der Waals surface area contributed by atoms with Crippen molar-refractivity contribution in [1.29, 1.82) is 0 Å². The van der Waals surface area contributed by atoms with E-state index in [1.165, 1.54) is 4.68 Å². The lowest BCUT2D eigenvalue weighted by atomic mass is 10.1. The van der Waals surface area contributed by atoms with Crippen molar-refractivity contribution in [3.8, 4) is 5.69 Å². The van der Waals surface area contributed by atoms with Crippen LogP contribution in [0.3, 0.4) is 0 Å². The van der Waals surface area contributed by atoms with Crippen molar-refractivity contribution in [2.24, 2.45) is 5.92 Å².